The molecule has 2 N–H and O–H groups in total. The number of carboxylic acid groups (broad SMARTS) is 1. The smallest absolute Gasteiger partial charge is 0.305 e. The Morgan fingerprint density at radius 3 is 2.67 bits per heavy atom. The predicted octanol–water partition coefficient (Wildman–Crippen LogP) is 1.96. The minimum Gasteiger partial charge on any atom is -0.481 e. The zero-order chi connectivity index (χ0) is 15.8. The van der Waals surface area contributed by atoms with Gasteiger partial charge in [-0.05, 0) is 38.4 Å². The molecule has 116 valence electrons. The number of nitrogens with one attached hydrogen (secondary N) is 1. The first kappa shape index (κ1) is 17.3. The Hall–Kier alpha value is -1.72. The molecule has 5 heteroatoms. The fourth-order valence-electron chi connectivity index (χ4n) is 2.11. The van der Waals surface area contributed by atoms with E-state index in [1.807, 2.05) is 32.0 Å². The van der Waals surface area contributed by atoms with Gasteiger partial charge >= 0.3 is 5.97 Å². The molecule has 0 saturated heterocycles. The highest BCUT2D eigenvalue weighted by Gasteiger charge is 2.23. The molecule has 0 bridgehead atoms. The second-order valence-corrected chi connectivity index (χ2v) is 5.13. The number of rotatable bonds is 9. The number of aryl methyl sites for hydroxylation is 2. The fraction of sp³-hybridized carbons (Fsp3) is 0.500. The van der Waals surface area contributed by atoms with Crippen molar-refractivity contribution in [2.45, 2.75) is 32.7 Å². The van der Waals surface area contributed by atoms with Crippen molar-refractivity contribution in [3.05, 3.63) is 34.9 Å². The molecule has 1 atom stereocenters. The number of carboxylic acids is 1. The van der Waals surface area contributed by atoms with E-state index in [1.54, 1.807) is 7.11 Å². The number of ether oxygens (including phenoxy) is 1. The van der Waals surface area contributed by atoms with Gasteiger partial charge in [-0.25, -0.2) is 0 Å². The molecule has 0 fully saturated rings. The van der Waals surface area contributed by atoms with E-state index in [0.29, 0.717) is 18.7 Å². The number of carbonyl (C=O) groups is 2. The van der Waals surface area contributed by atoms with Gasteiger partial charge in [0.15, 0.2) is 5.78 Å². The molecule has 1 unspecified atom stereocenters. The summed E-state index contributed by atoms with van der Waals surface area (Å²) in [6, 6.07) is 4.92. The topological polar surface area (TPSA) is 75.6 Å². The molecule has 0 radical (unpaired) electrons. The molecular weight excluding hydrogens is 270 g/mol. The van der Waals surface area contributed by atoms with Crippen LogP contribution >= 0.6 is 0 Å². The average Bonchev–Trinajstić information content (AvgIpc) is 2.43. The van der Waals surface area contributed by atoms with Crippen LogP contribution in [-0.2, 0) is 9.53 Å². The first-order valence-corrected chi connectivity index (χ1v) is 7.01. The molecule has 0 spiro atoms. The van der Waals surface area contributed by atoms with Crippen molar-refractivity contribution in [3.63, 3.8) is 0 Å². The van der Waals surface area contributed by atoms with Crippen LogP contribution in [0.3, 0.4) is 0 Å². The lowest BCUT2D eigenvalue weighted by Gasteiger charge is -2.17. The largest absolute Gasteiger partial charge is 0.481 e. The summed E-state index contributed by atoms with van der Waals surface area (Å²) in [5.41, 5.74) is 2.43. The van der Waals surface area contributed by atoms with Gasteiger partial charge in [-0.2, -0.15) is 0 Å². The minimum absolute atomic E-state index is 0.170. The third-order valence-electron chi connectivity index (χ3n) is 3.27. The Kier molecular flexibility index (Phi) is 7.05. The molecule has 1 aromatic carbocycles. The molecule has 21 heavy (non-hydrogen) atoms. The van der Waals surface area contributed by atoms with Crippen LogP contribution in [-0.4, -0.2) is 43.2 Å². The lowest BCUT2D eigenvalue weighted by atomic mass is 9.96. The lowest BCUT2D eigenvalue weighted by Crippen LogP contribution is -2.39. The van der Waals surface area contributed by atoms with Crippen molar-refractivity contribution >= 4 is 11.8 Å². The Bertz CT molecular complexity index is 499. The van der Waals surface area contributed by atoms with Gasteiger partial charge in [-0.1, -0.05) is 17.7 Å². The van der Waals surface area contributed by atoms with E-state index in [1.165, 1.54) is 0 Å². The molecule has 0 aromatic heterocycles. The first-order valence-electron chi connectivity index (χ1n) is 7.01. The Morgan fingerprint density at radius 1 is 1.33 bits per heavy atom. The van der Waals surface area contributed by atoms with Crippen molar-refractivity contribution in [1.29, 1.82) is 0 Å². The number of methoxy groups -OCH3 is 1. The van der Waals surface area contributed by atoms with Gasteiger partial charge in [0.05, 0.1) is 12.5 Å². The molecule has 1 rings (SSSR count). The molecule has 0 heterocycles. The third kappa shape index (κ3) is 5.65. The van der Waals surface area contributed by atoms with Crippen LogP contribution in [0.4, 0.5) is 0 Å². The summed E-state index contributed by atoms with van der Waals surface area (Å²) in [4.78, 5) is 23.5. The van der Waals surface area contributed by atoms with Crippen molar-refractivity contribution in [1.82, 2.24) is 5.32 Å². The van der Waals surface area contributed by atoms with Gasteiger partial charge in [0.2, 0.25) is 0 Å². The second-order valence-electron chi connectivity index (χ2n) is 5.13. The predicted molar refractivity (Wildman–Crippen MR) is 80.8 cm³/mol. The van der Waals surface area contributed by atoms with E-state index in [9.17, 15) is 9.59 Å². The standard InChI is InChI=1S/C16H23NO4/c1-11-5-6-12(2)13(9-11)16(20)14(10-15(18)19)17-7-4-8-21-3/h5-6,9,14,17H,4,7-8,10H2,1-3H3,(H,18,19). The van der Waals surface area contributed by atoms with E-state index < -0.39 is 12.0 Å². The van der Waals surface area contributed by atoms with Crippen molar-refractivity contribution in [2.75, 3.05) is 20.3 Å². The quantitative estimate of drug-likeness (QED) is 0.537. The van der Waals surface area contributed by atoms with Crippen LogP contribution in [0.25, 0.3) is 0 Å². The SMILES string of the molecule is COCCCNC(CC(=O)O)C(=O)c1cc(C)ccc1C. The summed E-state index contributed by atoms with van der Waals surface area (Å²) in [5, 5.41) is 12.0. The number of aliphatic carboxylic acids is 1. The van der Waals surface area contributed by atoms with Crippen LogP contribution in [0.5, 0.6) is 0 Å². The van der Waals surface area contributed by atoms with Crippen molar-refractivity contribution < 1.29 is 19.4 Å². The lowest BCUT2D eigenvalue weighted by molar-refractivity contribution is -0.137. The Morgan fingerprint density at radius 2 is 2.05 bits per heavy atom. The molecule has 0 aliphatic heterocycles. The summed E-state index contributed by atoms with van der Waals surface area (Å²) in [5.74, 6) is -1.16. The molecule has 5 nitrogen and oxygen atoms in total. The van der Waals surface area contributed by atoms with Gasteiger partial charge in [-0.15, -0.1) is 0 Å². The average molecular weight is 293 g/mol. The second kappa shape index (κ2) is 8.54. The summed E-state index contributed by atoms with van der Waals surface area (Å²) in [7, 11) is 1.61. The highest BCUT2D eigenvalue weighted by Crippen LogP contribution is 2.14. The number of Topliss-reactive ketones (excluding diaryl/α,β-unsaturated/α-hetero) is 1. The molecule has 0 saturated carbocycles. The van der Waals surface area contributed by atoms with Crippen LogP contribution in [0.15, 0.2) is 18.2 Å². The fourth-order valence-corrected chi connectivity index (χ4v) is 2.11. The van der Waals surface area contributed by atoms with E-state index in [0.717, 1.165) is 17.5 Å². The molecule has 1 aromatic rings. The summed E-state index contributed by atoms with van der Waals surface area (Å²) >= 11 is 0. The van der Waals surface area contributed by atoms with Gasteiger partial charge in [0, 0.05) is 19.3 Å². The number of hydrogen-bond acceptors (Lipinski definition) is 4. The van der Waals surface area contributed by atoms with Crippen LogP contribution in [0.1, 0.15) is 34.3 Å². The molecule has 0 aliphatic rings. The highest BCUT2D eigenvalue weighted by atomic mass is 16.5. The van der Waals surface area contributed by atoms with E-state index in [4.69, 9.17) is 9.84 Å². The normalized spacial score (nSPS) is 12.1. The monoisotopic (exact) mass is 293 g/mol. The minimum atomic E-state index is -0.988. The molecular formula is C16H23NO4. The van der Waals surface area contributed by atoms with Crippen LogP contribution in [0, 0.1) is 13.8 Å². The van der Waals surface area contributed by atoms with E-state index in [2.05, 4.69) is 5.32 Å². The van der Waals surface area contributed by atoms with Gasteiger partial charge in [0.1, 0.15) is 0 Å². The summed E-state index contributed by atoms with van der Waals surface area (Å²) in [6.45, 7) is 4.89. The van der Waals surface area contributed by atoms with E-state index in [-0.39, 0.29) is 12.2 Å². The van der Waals surface area contributed by atoms with Crippen LogP contribution in [0.2, 0.25) is 0 Å². The molecule has 0 aliphatic carbocycles. The molecule has 0 amide bonds. The Labute approximate surface area is 125 Å². The first-order chi connectivity index (χ1) is 9.95. The number of benzene rings is 1. The number of carbonyl (C=O) groups excluding carboxylic acids is 1. The van der Waals surface area contributed by atoms with E-state index >= 15 is 0 Å². The summed E-state index contributed by atoms with van der Waals surface area (Å²) in [6.07, 6.45) is 0.506. The van der Waals surface area contributed by atoms with Gasteiger partial charge < -0.3 is 15.2 Å². The zero-order valence-electron chi connectivity index (χ0n) is 12.8. The van der Waals surface area contributed by atoms with Crippen LogP contribution < -0.4 is 5.32 Å². The maximum Gasteiger partial charge on any atom is 0.305 e. The Balaban J connectivity index is 2.83. The van der Waals surface area contributed by atoms with Crippen molar-refractivity contribution in [2.24, 2.45) is 0 Å². The highest BCUT2D eigenvalue weighted by molar-refractivity contribution is 6.02. The van der Waals surface area contributed by atoms with Crippen molar-refractivity contribution in [3.8, 4) is 0 Å². The third-order valence-corrected chi connectivity index (χ3v) is 3.27. The summed E-state index contributed by atoms with van der Waals surface area (Å²) < 4.78 is 4.94. The number of ketones is 1. The van der Waals surface area contributed by atoms with Gasteiger partial charge in [0.25, 0.3) is 0 Å². The maximum absolute atomic E-state index is 12.6. The maximum atomic E-state index is 12.6. The zero-order valence-corrected chi connectivity index (χ0v) is 12.8. The van der Waals surface area contributed by atoms with Gasteiger partial charge in [-0.3, -0.25) is 9.59 Å². The number of hydrogen-bond donors (Lipinski definition) is 2.